The zero-order chi connectivity index (χ0) is 11.8. The average molecular weight is 218 g/mol. The Morgan fingerprint density at radius 1 is 1.31 bits per heavy atom. The molecule has 2 rings (SSSR count). The molecule has 86 valence electrons. The van der Waals surface area contributed by atoms with E-state index in [1.165, 1.54) is 5.56 Å². The standard InChI is InChI=1S/C13H18N2O/c1-15(2)12(16)9-10-3-5-11(6-4-10)13(14)7-8-13/h3-6H,7-9,14H2,1-2H3. The summed E-state index contributed by atoms with van der Waals surface area (Å²) in [4.78, 5) is 13.1. The molecular formula is C13H18N2O. The van der Waals surface area contributed by atoms with Crippen LogP contribution >= 0.6 is 0 Å². The number of hydrogen-bond acceptors (Lipinski definition) is 2. The Morgan fingerprint density at radius 3 is 2.31 bits per heavy atom. The van der Waals surface area contributed by atoms with Crippen LogP contribution in [0.3, 0.4) is 0 Å². The number of hydrogen-bond donors (Lipinski definition) is 1. The van der Waals surface area contributed by atoms with Gasteiger partial charge in [0.15, 0.2) is 0 Å². The number of nitrogens with zero attached hydrogens (tertiary/aromatic N) is 1. The minimum Gasteiger partial charge on any atom is -0.349 e. The summed E-state index contributed by atoms with van der Waals surface area (Å²) >= 11 is 0. The van der Waals surface area contributed by atoms with Gasteiger partial charge in [-0.1, -0.05) is 24.3 Å². The van der Waals surface area contributed by atoms with Crippen LogP contribution in [-0.4, -0.2) is 24.9 Å². The third kappa shape index (κ3) is 2.25. The van der Waals surface area contributed by atoms with E-state index in [1.54, 1.807) is 19.0 Å². The number of benzene rings is 1. The normalized spacial score (nSPS) is 16.9. The molecule has 2 N–H and O–H groups in total. The Kier molecular flexibility index (Phi) is 2.72. The summed E-state index contributed by atoms with van der Waals surface area (Å²) < 4.78 is 0. The molecule has 0 heterocycles. The molecule has 0 aromatic heterocycles. The summed E-state index contributed by atoms with van der Waals surface area (Å²) in [6.07, 6.45) is 2.61. The molecule has 1 aliphatic carbocycles. The highest BCUT2D eigenvalue weighted by Gasteiger charge is 2.39. The lowest BCUT2D eigenvalue weighted by molar-refractivity contribution is -0.127. The van der Waals surface area contributed by atoms with Crippen LogP contribution in [0.1, 0.15) is 24.0 Å². The SMILES string of the molecule is CN(C)C(=O)Cc1ccc(C2(N)CC2)cc1. The number of carbonyl (C=O) groups is 1. The summed E-state index contributed by atoms with van der Waals surface area (Å²) in [5, 5.41) is 0. The van der Waals surface area contributed by atoms with Gasteiger partial charge in [-0.05, 0) is 24.0 Å². The summed E-state index contributed by atoms with van der Waals surface area (Å²) in [5.41, 5.74) is 8.25. The second kappa shape index (κ2) is 3.91. The van der Waals surface area contributed by atoms with E-state index < -0.39 is 0 Å². The lowest BCUT2D eigenvalue weighted by Crippen LogP contribution is -2.23. The highest BCUT2D eigenvalue weighted by molar-refractivity contribution is 5.78. The zero-order valence-corrected chi connectivity index (χ0v) is 9.86. The van der Waals surface area contributed by atoms with Gasteiger partial charge in [0.05, 0.1) is 6.42 Å². The molecule has 1 aromatic rings. The van der Waals surface area contributed by atoms with Crippen LogP contribution in [0.15, 0.2) is 24.3 Å². The number of amides is 1. The predicted octanol–water partition coefficient (Wildman–Crippen LogP) is 1.27. The van der Waals surface area contributed by atoms with Crippen molar-refractivity contribution in [2.24, 2.45) is 5.73 Å². The molecule has 0 aliphatic heterocycles. The number of carbonyl (C=O) groups excluding carboxylic acids is 1. The van der Waals surface area contributed by atoms with Gasteiger partial charge in [-0.3, -0.25) is 4.79 Å². The van der Waals surface area contributed by atoms with Gasteiger partial charge in [0.2, 0.25) is 5.91 Å². The van der Waals surface area contributed by atoms with Crippen LogP contribution in [-0.2, 0) is 16.8 Å². The first kappa shape index (κ1) is 11.1. The highest BCUT2D eigenvalue weighted by Crippen LogP contribution is 2.42. The van der Waals surface area contributed by atoms with E-state index in [0.29, 0.717) is 6.42 Å². The number of rotatable bonds is 3. The third-order valence-electron chi connectivity index (χ3n) is 3.17. The van der Waals surface area contributed by atoms with Gasteiger partial charge in [0, 0.05) is 19.6 Å². The Bertz CT molecular complexity index is 391. The van der Waals surface area contributed by atoms with Gasteiger partial charge in [-0.2, -0.15) is 0 Å². The molecule has 0 unspecified atom stereocenters. The first-order valence-electron chi connectivity index (χ1n) is 5.60. The summed E-state index contributed by atoms with van der Waals surface area (Å²) in [6, 6.07) is 8.10. The van der Waals surface area contributed by atoms with Gasteiger partial charge in [-0.15, -0.1) is 0 Å². The van der Waals surface area contributed by atoms with E-state index in [1.807, 2.05) is 24.3 Å². The van der Waals surface area contributed by atoms with Crippen LogP contribution in [0, 0.1) is 0 Å². The Hall–Kier alpha value is -1.35. The van der Waals surface area contributed by atoms with Gasteiger partial charge in [-0.25, -0.2) is 0 Å². The van der Waals surface area contributed by atoms with Gasteiger partial charge in [0.25, 0.3) is 0 Å². The van der Waals surface area contributed by atoms with Crippen LogP contribution in [0.25, 0.3) is 0 Å². The maximum Gasteiger partial charge on any atom is 0.226 e. The van der Waals surface area contributed by atoms with Crippen molar-refractivity contribution in [3.05, 3.63) is 35.4 Å². The fourth-order valence-corrected chi connectivity index (χ4v) is 1.71. The minimum atomic E-state index is -0.0793. The predicted molar refractivity (Wildman–Crippen MR) is 63.9 cm³/mol. The topological polar surface area (TPSA) is 46.3 Å². The van der Waals surface area contributed by atoms with Crippen LogP contribution in [0.5, 0.6) is 0 Å². The summed E-state index contributed by atoms with van der Waals surface area (Å²) in [7, 11) is 3.55. The van der Waals surface area contributed by atoms with E-state index in [0.717, 1.165) is 18.4 Å². The Labute approximate surface area is 96.2 Å². The smallest absolute Gasteiger partial charge is 0.226 e. The van der Waals surface area contributed by atoms with E-state index in [-0.39, 0.29) is 11.4 Å². The Balaban J connectivity index is 2.05. The molecule has 1 aliphatic rings. The molecule has 1 aromatic carbocycles. The quantitative estimate of drug-likeness (QED) is 0.830. The minimum absolute atomic E-state index is 0.0793. The van der Waals surface area contributed by atoms with Gasteiger partial charge < -0.3 is 10.6 Å². The van der Waals surface area contributed by atoms with Gasteiger partial charge >= 0.3 is 0 Å². The second-order valence-electron chi connectivity index (χ2n) is 4.82. The largest absolute Gasteiger partial charge is 0.349 e. The lowest BCUT2D eigenvalue weighted by Gasteiger charge is -2.12. The van der Waals surface area contributed by atoms with Crippen molar-refractivity contribution in [3.63, 3.8) is 0 Å². The molecule has 0 radical (unpaired) electrons. The molecule has 0 atom stereocenters. The van der Waals surface area contributed by atoms with E-state index in [9.17, 15) is 4.79 Å². The molecule has 3 nitrogen and oxygen atoms in total. The third-order valence-corrected chi connectivity index (χ3v) is 3.17. The molecule has 0 spiro atoms. The zero-order valence-electron chi connectivity index (χ0n) is 9.86. The number of likely N-dealkylation sites (N-methyl/N-ethyl adjacent to an activating group) is 1. The first-order chi connectivity index (χ1) is 7.51. The number of nitrogens with two attached hydrogens (primary N) is 1. The van der Waals surface area contributed by atoms with Crippen molar-refractivity contribution in [2.45, 2.75) is 24.8 Å². The molecule has 0 bridgehead atoms. The maximum absolute atomic E-state index is 11.5. The molecule has 1 fully saturated rings. The summed E-state index contributed by atoms with van der Waals surface area (Å²) in [6.45, 7) is 0. The molecule has 16 heavy (non-hydrogen) atoms. The monoisotopic (exact) mass is 218 g/mol. The van der Waals surface area contributed by atoms with Crippen LogP contribution < -0.4 is 5.73 Å². The fraction of sp³-hybridized carbons (Fsp3) is 0.462. The van der Waals surface area contributed by atoms with Crippen molar-refractivity contribution in [2.75, 3.05) is 14.1 Å². The van der Waals surface area contributed by atoms with Crippen molar-refractivity contribution in [1.82, 2.24) is 4.90 Å². The highest BCUT2D eigenvalue weighted by atomic mass is 16.2. The maximum atomic E-state index is 11.5. The molecule has 3 heteroatoms. The van der Waals surface area contributed by atoms with Crippen molar-refractivity contribution in [1.29, 1.82) is 0 Å². The van der Waals surface area contributed by atoms with Crippen molar-refractivity contribution >= 4 is 5.91 Å². The molecule has 1 amide bonds. The van der Waals surface area contributed by atoms with E-state index in [2.05, 4.69) is 0 Å². The Morgan fingerprint density at radius 2 is 1.88 bits per heavy atom. The molecule has 1 saturated carbocycles. The fourth-order valence-electron chi connectivity index (χ4n) is 1.71. The van der Waals surface area contributed by atoms with Crippen molar-refractivity contribution in [3.8, 4) is 0 Å². The molecule has 0 saturated heterocycles. The lowest BCUT2D eigenvalue weighted by atomic mass is 10.0. The van der Waals surface area contributed by atoms with Crippen LogP contribution in [0.2, 0.25) is 0 Å². The van der Waals surface area contributed by atoms with Gasteiger partial charge in [0.1, 0.15) is 0 Å². The average Bonchev–Trinajstić information content (AvgIpc) is 2.98. The van der Waals surface area contributed by atoms with Crippen molar-refractivity contribution < 1.29 is 4.79 Å². The first-order valence-corrected chi connectivity index (χ1v) is 5.60. The van der Waals surface area contributed by atoms with E-state index >= 15 is 0 Å². The van der Waals surface area contributed by atoms with E-state index in [4.69, 9.17) is 5.73 Å². The second-order valence-corrected chi connectivity index (χ2v) is 4.82. The van der Waals surface area contributed by atoms with Crippen LogP contribution in [0.4, 0.5) is 0 Å². The summed E-state index contributed by atoms with van der Waals surface area (Å²) in [5.74, 6) is 0.127. The molecular weight excluding hydrogens is 200 g/mol.